The van der Waals surface area contributed by atoms with E-state index in [1.807, 2.05) is 18.7 Å². The number of methoxy groups -OCH3 is 1. The number of hydrogen-bond donors (Lipinski definition) is 0. The Balaban J connectivity index is 2.98. The Hall–Kier alpha value is -2.08. The monoisotopic (exact) mass is 382 g/mol. The first kappa shape index (κ1) is 22.0. The second-order valence-corrected chi connectivity index (χ2v) is 6.37. The van der Waals surface area contributed by atoms with Crippen LogP contribution in [0.3, 0.4) is 0 Å². The van der Waals surface area contributed by atoms with Gasteiger partial charge in [-0.3, -0.25) is 9.59 Å². The van der Waals surface area contributed by atoms with Crippen LogP contribution in [0.15, 0.2) is 18.2 Å². The van der Waals surface area contributed by atoms with Gasteiger partial charge >= 0.3 is 5.97 Å². The van der Waals surface area contributed by atoms with E-state index in [2.05, 4.69) is 0 Å². The number of carbonyl (C=O) groups is 3. The van der Waals surface area contributed by atoms with Crippen molar-refractivity contribution in [3.05, 3.63) is 28.8 Å². The van der Waals surface area contributed by atoms with E-state index in [4.69, 9.17) is 16.3 Å². The number of esters is 1. The van der Waals surface area contributed by atoms with Crippen molar-refractivity contribution in [3.63, 3.8) is 0 Å². The molecule has 0 atom stereocenters. The van der Waals surface area contributed by atoms with Crippen molar-refractivity contribution in [2.45, 2.75) is 40.0 Å². The van der Waals surface area contributed by atoms with Crippen LogP contribution in [0.1, 0.15) is 50.4 Å². The smallest absolute Gasteiger partial charge is 0.337 e. The highest BCUT2D eigenvalue weighted by atomic mass is 35.5. The number of hydrogen-bond acceptors (Lipinski definition) is 4. The number of anilines is 1. The molecule has 0 radical (unpaired) electrons. The molecule has 0 heterocycles. The lowest BCUT2D eigenvalue weighted by Gasteiger charge is -2.26. The molecule has 0 spiro atoms. The van der Waals surface area contributed by atoms with Crippen molar-refractivity contribution in [1.82, 2.24) is 4.90 Å². The van der Waals surface area contributed by atoms with Gasteiger partial charge < -0.3 is 14.5 Å². The van der Waals surface area contributed by atoms with Gasteiger partial charge in [0.1, 0.15) is 0 Å². The molecule has 1 aromatic rings. The molecule has 0 N–H and O–H groups in total. The maximum Gasteiger partial charge on any atom is 0.337 e. The molecular weight excluding hydrogens is 356 g/mol. The molecule has 1 rings (SSSR count). The molecule has 144 valence electrons. The Morgan fingerprint density at radius 1 is 1.08 bits per heavy atom. The Morgan fingerprint density at radius 2 is 1.69 bits per heavy atom. The number of benzene rings is 1. The summed E-state index contributed by atoms with van der Waals surface area (Å²) in [5.74, 6) is -0.765. The Labute approximate surface area is 160 Å². The van der Waals surface area contributed by atoms with Crippen molar-refractivity contribution < 1.29 is 19.1 Å². The van der Waals surface area contributed by atoms with Crippen LogP contribution < -0.4 is 4.90 Å². The average molecular weight is 383 g/mol. The summed E-state index contributed by atoms with van der Waals surface area (Å²) in [7, 11) is 1.29. The van der Waals surface area contributed by atoms with Gasteiger partial charge in [-0.1, -0.05) is 25.4 Å². The third-order valence-electron chi connectivity index (χ3n) is 3.93. The summed E-state index contributed by atoms with van der Waals surface area (Å²) in [4.78, 5) is 39.5. The van der Waals surface area contributed by atoms with Crippen LogP contribution in [0, 0.1) is 0 Å². The number of rotatable bonds is 9. The van der Waals surface area contributed by atoms with Crippen LogP contribution in [-0.4, -0.2) is 49.4 Å². The highest BCUT2D eigenvalue weighted by Crippen LogP contribution is 2.28. The predicted octanol–water partition coefficient (Wildman–Crippen LogP) is 3.52. The lowest BCUT2D eigenvalue weighted by molar-refractivity contribution is -0.131. The topological polar surface area (TPSA) is 66.9 Å². The zero-order valence-corrected chi connectivity index (χ0v) is 16.6. The fourth-order valence-electron chi connectivity index (χ4n) is 2.68. The highest BCUT2D eigenvalue weighted by Gasteiger charge is 2.20. The largest absolute Gasteiger partial charge is 0.465 e. The molecule has 1 aromatic carbocycles. The van der Waals surface area contributed by atoms with Crippen LogP contribution in [-0.2, 0) is 14.3 Å². The van der Waals surface area contributed by atoms with Gasteiger partial charge in [-0.05, 0) is 31.0 Å². The van der Waals surface area contributed by atoms with Crippen molar-refractivity contribution >= 4 is 35.1 Å². The molecule has 26 heavy (non-hydrogen) atoms. The first-order chi connectivity index (χ1) is 12.3. The zero-order valence-electron chi connectivity index (χ0n) is 15.9. The zero-order chi connectivity index (χ0) is 19.7. The molecule has 2 amide bonds. The van der Waals surface area contributed by atoms with Crippen LogP contribution in [0.4, 0.5) is 5.69 Å². The quantitative estimate of drug-likeness (QED) is 0.613. The first-order valence-corrected chi connectivity index (χ1v) is 9.17. The third-order valence-corrected chi connectivity index (χ3v) is 4.25. The van der Waals surface area contributed by atoms with Gasteiger partial charge in [-0.25, -0.2) is 4.79 Å². The summed E-state index contributed by atoms with van der Waals surface area (Å²) in [6.45, 7) is 7.05. The summed E-state index contributed by atoms with van der Waals surface area (Å²) in [6.07, 6.45) is 1.96. The van der Waals surface area contributed by atoms with E-state index >= 15 is 0 Å². The number of halogens is 1. The minimum absolute atomic E-state index is 0.000181. The van der Waals surface area contributed by atoms with Gasteiger partial charge in [0, 0.05) is 33.0 Å². The number of carbonyl (C=O) groups excluding carboxylic acids is 3. The van der Waals surface area contributed by atoms with Crippen LogP contribution in [0.2, 0.25) is 5.02 Å². The molecule has 0 bridgehead atoms. The molecular formula is C19H27ClN2O4. The van der Waals surface area contributed by atoms with Crippen molar-refractivity contribution in [2.24, 2.45) is 0 Å². The SMILES string of the molecule is CCCN(CCC)C(=O)CCN(C(C)=O)c1cc(C(=O)OC)ccc1Cl. The summed E-state index contributed by atoms with van der Waals surface area (Å²) in [6, 6.07) is 4.59. The highest BCUT2D eigenvalue weighted by molar-refractivity contribution is 6.34. The first-order valence-electron chi connectivity index (χ1n) is 8.79. The number of ether oxygens (including phenoxy) is 1. The Morgan fingerprint density at radius 3 is 2.19 bits per heavy atom. The van der Waals surface area contributed by atoms with Crippen LogP contribution in [0.5, 0.6) is 0 Å². The summed E-state index contributed by atoms with van der Waals surface area (Å²) >= 11 is 6.22. The lowest BCUT2D eigenvalue weighted by atomic mass is 10.1. The maximum absolute atomic E-state index is 12.5. The van der Waals surface area contributed by atoms with Crippen molar-refractivity contribution in [3.8, 4) is 0 Å². The minimum Gasteiger partial charge on any atom is -0.465 e. The molecule has 0 aliphatic rings. The van der Waals surface area contributed by atoms with Crippen LogP contribution in [0.25, 0.3) is 0 Å². The normalized spacial score (nSPS) is 10.3. The Bertz CT molecular complexity index is 642. The number of amides is 2. The van der Waals surface area contributed by atoms with Crippen molar-refractivity contribution in [2.75, 3.05) is 31.6 Å². The standard InChI is InChI=1S/C19H27ClN2O4/c1-5-10-21(11-6-2)18(24)9-12-22(14(3)23)17-13-15(19(25)26-4)7-8-16(17)20/h7-8,13H,5-6,9-12H2,1-4H3. The van der Waals surface area contributed by atoms with E-state index in [0.29, 0.717) is 29.4 Å². The molecule has 0 aliphatic heterocycles. The van der Waals surface area contributed by atoms with E-state index in [-0.39, 0.29) is 24.8 Å². The van der Waals surface area contributed by atoms with E-state index in [0.717, 1.165) is 12.8 Å². The molecule has 7 heteroatoms. The second kappa shape index (κ2) is 10.8. The van der Waals surface area contributed by atoms with Gasteiger partial charge in [-0.2, -0.15) is 0 Å². The summed E-state index contributed by atoms with van der Waals surface area (Å²) in [5, 5.41) is 0.333. The minimum atomic E-state index is -0.514. The molecule has 0 saturated heterocycles. The van der Waals surface area contributed by atoms with E-state index in [1.165, 1.54) is 31.1 Å². The van der Waals surface area contributed by atoms with E-state index in [9.17, 15) is 14.4 Å². The fraction of sp³-hybridized carbons (Fsp3) is 0.526. The van der Waals surface area contributed by atoms with E-state index in [1.54, 1.807) is 6.07 Å². The lowest BCUT2D eigenvalue weighted by Crippen LogP contribution is -2.37. The Kier molecular flexibility index (Phi) is 9.13. The molecule has 0 aromatic heterocycles. The van der Waals surface area contributed by atoms with Crippen molar-refractivity contribution in [1.29, 1.82) is 0 Å². The maximum atomic E-state index is 12.5. The van der Waals surface area contributed by atoms with E-state index < -0.39 is 5.97 Å². The predicted molar refractivity (Wildman–Crippen MR) is 103 cm³/mol. The van der Waals surface area contributed by atoms with Gasteiger partial charge in [-0.15, -0.1) is 0 Å². The summed E-state index contributed by atoms with van der Waals surface area (Å²) in [5.41, 5.74) is 0.690. The fourth-order valence-corrected chi connectivity index (χ4v) is 2.90. The van der Waals surface area contributed by atoms with Gasteiger partial charge in [0.25, 0.3) is 0 Å². The molecule has 0 unspecified atom stereocenters. The number of nitrogens with zero attached hydrogens (tertiary/aromatic N) is 2. The third kappa shape index (κ3) is 6.02. The molecule has 0 fully saturated rings. The van der Waals surface area contributed by atoms with Gasteiger partial charge in [0.15, 0.2) is 0 Å². The molecule has 6 nitrogen and oxygen atoms in total. The molecule has 0 aliphatic carbocycles. The van der Waals surface area contributed by atoms with Gasteiger partial charge in [0.05, 0.1) is 23.4 Å². The second-order valence-electron chi connectivity index (χ2n) is 5.96. The van der Waals surface area contributed by atoms with Gasteiger partial charge in [0.2, 0.25) is 11.8 Å². The average Bonchev–Trinajstić information content (AvgIpc) is 2.61. The van der Waals surface area contributed by atoms with Crippen LogP contribution >= 0.6 is 11.6 Å². The molecule has 0 saturated carbocycles. The summed E-state index contributed by atoms with van der Waals surface area (Å²) < 4.78 is 4.71.